The second-order valence-corrected chi connectivity index (χ2v) is 9.97. The van der Waals surface area contributed by atoms with Crippen molar-refractivity contribution >= 4 is 38.4 Å². The van der Waals surface area contributed by atoms with E-state index >= 15 is 0 Å². The molecule has 0 N–H and O–H groups in total. The highest BCUT2D eigenvalue weighted by Crippen LogP contribution is 2.49. The smallest absolute Gasteiger partial charge is 0.146 e. The highest BCUT2D eigenvalue weighted by Gasteiger charge is 2.29. The second-order valence-electron chi connectivity index (χ2n) is 9.97. The van der Waals surface area contributed by atoms with Crippen LogP contribution in [0.15, 0.2) is 97.1 Å². The Kier molecular flexibility index (Phi) is 3.16. The Labute approximate surface area is 202 Å². The molecule has 9 rings (SSSR count). The highest BCUT2D eigenvalue weighted by atomic mass is 15.0. The number of benzene rings is 5. The number of nitrogens with zero attached hydrogens (tertiary/aromatic N) is 2. The van der Waals surface area contributed by atoms with Crippen LogP contribution in [0.5, 0.6) is 0 Å². The van der Waals surface area contributed by atoms with E-state index in [9.17, 15) is 0 Å². The van der Waals surface area contributed by atoms with Crippen LogP contribution in [0.3, 0.4) is 0 Å². The lowest BCUT2D eigenvalue weighted by atomic mass is 9.93. The minimum absolute atomic E-state index is 0.990. The fourth-order valence-corrected chi connectivity index (χ4v) is 6.73. The molecular formula is C33H20N2. The summed E-state index contributed by atoms with van der Waals surface area (Å²) >= 11 is 0. The minimum Gasteiger partial charge on any atom is -0.292 e. The van der Waals surface area contributed by atoms with Crippen LogP contribution >= 0.6 is 0 Å². The average Bonchev–Trinajstić information content (AvgIpc) is 3.58. The van der Waals surface area contributed by atoms with Crippen LogP contribution in [0.4, 0.5) is 0 Å². The summed E-state index contributed by atoms with van der Waals surface area (Å²) in [4.78, 5) is 5.12. The molecule has 7 aromatic rings. The van der Waals surface area contributed by atoms with Gasteiger partial charge in [-0.25, -0.2) is 4.98 Å². The number of rotatable bonds is 0. The van der Waals surface area contributed by atoms with Gasteiger partial charge in [-0.05, 0) is 93.1 Å². The van der Waals surface area contributed by atoms with Crippen LogP contribution in [0.1, 0.15) is 22.3 Å². The summed E-state index contributed by atoms with van der Waals surface area (Å²) in [6, 6.07) is 35.7. The van der Waals surface area contributed by atoms with E-state index in [0.717, 1.165) is 24.0 Å². The molecule has 2 aliphatic carbocycles. The van der Waals surface area contributed by atoms with Gasteiger partial charge in [-0.2, -0.15) is 0 Å². The van der Waals surface area contributed by atoms with E-state index in [-0.39, 0.29) is 0 Å². The van der Waals surface area contributed by atoms with Crippen LogP contribution in [-0.2, 0) is 12.8 Å². The molecule has 2 heterocycles. The first-order valence-corrected chi connectivity index (χ1v) is 12.3. The molecule has 0 atom stereocenters. The van der Waals surface area contributed by atoms with E-state index in [1.165, 1.54) is 71.7 Å². The Bertz CT molecular complexity index is 2060. The Morgan fingerprint density at radius 3 is 2.34 bits per heavy atom. The molecule has 2 nitrogen and oxygen atoms in total. The molecule has 0 bridgehead atoms. The van der Waals surface area contributed by atoms with Crippen molar-refractivity contribution in [2.45, 2.75) is 12.8 Å². The van der Waals surface area contributed by atoms with E-state index in [0.29, 0.717) is 0 Å². The van der Waals surface area contributed by atoms with Gasteiger partial charge in [0.05, 0.1) is 16.6 Å². The number of hydrogen-bond acceptors (Lipinski definition) is 1. The summed E-state index contributed by atoms with van der Waals surface area (Å²) in [5.74, 6) is 0. The summed E-state index contributed by atoms with van der Waals surface area (Å²) in [6.45, 7) is 0. The summed E-state index contributed by atoms with van der Waals surface area (Å²) in [5.41, 5.74) is 16.0. The van der Waals surface area contributed by atoms with E-state index in [1.807, 2.05) is 0 Å². The maximum atomic E-state index is 5.12. The van der Waals surface area contributed by atoms with Crippen LogP contribution < -0.4 is 0 Å². The Morgan fingerprint density at radius 1 is 0.543 bits per heavy atom. The molecule has 0 spiro atoms. The SMILES string of the molecule is c1ccc2c(c1)Cc1c-2ccc2c1-c1cc3c4ccccc4n4c5ccccc5nc4c3cc1C2. The molecule has 2 heteroatoms. The number of pyridine rings is 1. The molecular weight excluding hydrogens is 424 g/mol. The normalized spacial score (nSPS) is 13.5. The van der Waals surface area contributed by atoms with Gasteiger partial charge in [-0.1, -0.05) is 66.7 Å². The third-order valence-electron chi connectivity index (χ3n) is 8.20. The van der Waals surface area contributed by atoms with Crippen molar-refractivity contribution in [2.24, 2.45) is 0 Å². The van der Waals surface area contributed by atoms with Gasteiger partial charge in [-0.3, -0.25) is 4.40 Å². The maximum absolute atomic E-state index is 5.12. The average molecular weight is 445 g/mol. The van der Waals surface area contributed by atoms with E-state index in [4.69, 9.17) is 4.98 Å². The van der Waals surface area contributed by atoms with E-state index in [1.54, 1.807) is 0 Å². The van der Waals surface area contributed by atoms with Gasteiger partial charge in [0.2, 0.25) is 0 Å². The van der Waals surface area contributed by atoms with Gasteiger partial charge in [0.15, 0.2) is 0 Å². The van der Waals surface area contributed by atoms with Crippen molar-refractivity contribution in [1.29, 1.82) is 0 Å². The predicted octanol–water partition coefficient (Wildman–Crippen LogP) is 7.94. The fourth-order valence-electron chi connectivity index (χ4n) is 6.73. The van der Waals surface area contributed by atoms with Gasteiger partial charge in [0.25, 0.3) is 0 Å². The van der Waals surface area contributed by atoms with Crippen molar-refractivity contribution in [3.8, 4) is 22.3 Å². The Balaban J connectivity index is 1.41. The van der Waals surface area contributed by atoms with Gasteiger partial charge >= 0.3 is 0 Å². The first-order valence-electron chi connectivity index (χ1n) is 12.3. The summed E-state index contributed by atoms with van der Waals surface area (Å²) in [6.07, 6.45) is 2.01. The topological polar surface area (TPSA) is 17.3 Å². The summed E-state index contributed by atoms with van der Waals surface area (Å²) in [7, 11) is 0. The number of hydrogen-bond donors (Lipinski definition) is 0. The third-order valence-corrected chi connectivity index (χ3v) is 8.20. The lowest BCUT2D eigenvalue weighted by Crippen LogP contribution is -1.93. The summed E-state index contributed by atoms with van der Waals surface area (Å²) < 4.78 is 2.34. The second kappa shape index (κ2) is 6.17. The summed E-state index contributed by atoms with van der Waals surface area (Å²) in [5, 5.41) is 3.82. The molecule has 0 saturated carbocycles. The van der Waals surface area contributed by atoms with Crippen LogP contribution in [-0.4, -0.2) is 9.38 Å². The van der Waals surface area contributed by atoms with E-state index in [2.05, 4.69) is 101 Å². The van der Waals surface area contributed by atoms with Crippen molar-refractivity contribution in [3.63, 3.8) is 0 Å². The van der Waals surface area contributed by atoms with Crippen LogP contribution in [0.25, 0.3) is 60.6 Å². The zero-order valence-electron chi connectivity index (χ0n) is 19.0. The Hall–Kier alpha value is -4.43. The lowest BCUT2D eigenvalue weighted by molar-refractivity contribution is 1.23. The lowest BCUT2D eigenvalue weighted by Gasteiger charge is -2.13. The zero-order chi connectivity index (χ0) is 22.7. The van der Waals surface area contributed by atoms with Crippen molar-refractivity contribution < 1.29 is 0 Å². The maximum Gasteiger partial charge on any atom is 0.146 e. The quantitative estimate of drug-likeness (QED) is 0.217. The molecule has 0 unspecified atom stereocenters. The highest BCUT2D eigenvalue weighted by molar-refractivity contribution is 6.15. The molecule has 0 amide bonds. The van der Waals surface area contributed by atoms with Crippen molar-refractivity contribution in [2.75, 3.05) is 0 Å². The molecule has 2 aromatic heterocycles. The molecule has 0 aliphatic heterocycles. The zero-order valence-corrected chi connectivity index (χ0v) is 19.0. The number of para-hydroxylation sites is 3. The third kappa shape index (κ3) is 2.18. The number of aromatic nitrogens is 2. The largest absolute Gasteiger partial charge is 0.292 e. The molecule has 0 saturated heterocycles. The monoisotopic (exact) mass is 444 g/mol. The Morgan fingerprint density at radius 2 is 1.37 bits per heavy atom. The molecule has 35 heavy (non-hydrogen) atoms. The van der Waals surface area contributed by atoms with Gasteiger partial charge in [0, 0.05) is 10.8 Å². The minimum atomic E-state index is 0.990. The molecule has 0 radical (unpaired) electrons. The van der Waals surface area contributed by atoms with Crippen LogP contribution in [0, 0.1) is 0 Å². The van der Waals surface area contributed by atoms with Gasteiger partial charge in [-0.15, -0.1) is 0 Å². The number of imidazole rings is 1. The fraction of sp³-hybridized carbons (Fsp3) is 0.0606. The van der Waals surface area contributed by atoms with Crippen molar-refractivity contribution in [1.82, 2.24) is 9.38 Å². The first kappa shape index (κ1) is 18.0. The molecule has 5 aromatic carbocycles. The number of fused-ring (bicyclic) bond motifs is 15. The van der Waals surface area contributed by atoms with Crippen molar-refractivity contribution in [3.05, 3.63) is 119 Å². The first-order chi connectivity index (χ1) is 17.3. The predicted molar refractivity (Wildman–Crippen MR) is 144 cm³/mol. The molecule has 2 aliphatic rings. The van der Waals surface area contributed by atoms with Gasteiger partial charge < -0.3 is 0 Å². The standard InChI is InChI=1S/C33H20N2/c1-2-8-22-19(7-1)16-27-23(22)14-13-20-15-21-17-28-26(18-25(21)32(20)27)24-9-3-5-11-30(24)35-31-12-6-4-10-29(31)34-33(28)35/h1-14,17-18H,15-16H2. The van der Waals surface area contributed by atoms with Gasteiger partial charge in [0.1, 0.15) is 5.65 Å². The molecule has 0 fully saturated rings. The molecule has 162 valence electrons. The van der Waals surface area contributed by atoms with E-state index < -0.39 is 0 Å². The van der Waals surface area contributed by atoms with Crippen LogP contribution in [0.2, 0.25) is 0 Å².